The van der Waals surface area contributed by atoms with Gasteiger partial charge in [0.05, 0.1) is 18.7 Å². The van der Waals surface area contributed by atoms with Crippen LogP contribution in [0.25, 0.3) is 0 Å². The molecule has 0 aromatic heterocycles. The maximum Gasteiger partial charge on any atom is 0.179 e. The van der Waals surface area contributed by atoms with Crippen LogP contribution in [0.1, 0.15) is 12.5 Å². The second-order valence-electron chi connectivity index (χ2n) is 3.46. The monoisotopic (exact) mass is 255 g/mol. The molecule has 0 aliphatic rings. The van der Waals surface area contributed by atoms with Crippen molar-refractivity contribution in [3.63, 3.8) is 0 Å². The molecule has 0 atom stereocenters. The van der Waals surface area contributed by atoms with Crippen molar-refractivity contribution in [3.05, 3.63) is 35.4 Å². The molecule has 94 valence electrons. The van der Waals surface area contributed by atoms with Gasteiger partial charge in [-0.3, -0.25) is 0 Å². The van der Waals surface area contributed by atoms with Crippen LogP contribution in [-0.2, 0) is 6.54 Å². The van der Waals surface area contributed by atoms with E-state index in [-0.39, 0.29) is 0 Å². The summed E-state index contributed by atoms with van der Waals surface area (Å²) < 4.78 is 10.7. The topological polar surface area (TPSA) is 30.5 Å². The maximum absolute atomic E-state index is 6.13. The zero-order valence-electron chi connectivity index (χ0n) is 10.3. The van der Waals surface area contributed by atoms with Gasteiger partial charge in [-0.25, -0.2) is 0 Å². The molecule has 0 amide bonds. The average molecular weight is 256 g/mol. The van der Waals surface area contributed by atoms with Crippen LogP contribution in [-0.4, -0.2) is 20.3 Å². The lowest BCUT2D eigenvalue weighted by atomic mass is 10.2. The number of hydrogen-bond acceptors (Lipinski definition) is 3. The second-order valence-corrected chi connectivity index (χ2v) is 3.87. The minimum Gasteiger partial charge on any atom is -0.491 e. The van der Waals surface area contributed by atoms with Crippen LogP contribution in [0.5, 0.6) is 11.5 Å². The molecule has 0 unspecified atom stereocenters. The number of benzene rings is 1. The summed E-state index contributed by atoms with van der Waals surface area (Å²) in [5.74, 6) is 1.26. The molecule has 1 rings (SSSR count). The lowest BCUT2D eigenvalue weighted by Gasteiger charge is -2.13. The van der Waals surface area contributed by atoms with Crippen molar-refractivity contribution in [2.75, 3.05) is 20.3 Å². The smallest absolute Gasteiger partial charge is 0.179 e. The summed E-state index contributed by atoms with van der Waals surface area (Å²) in [6.07, 6.45) is 1.81. The first-order valence-corrected chi connectivity index (χ1v) is 5.91. The molecule has 3 nitrogen and oxygen atoms in total. The molecule has 1 aromatic carbocycles. The van der Waals surface area contributed by atoms with Gasteiger partial charge in [-0.15, -0.1) is 6.58 Å². The standard InChI is InChI=1S/C13H18ClNO2/c1-4-6-15-9-10-7-11(14)13(16-3)12(8-10)17-5-2/h4,7-8,15H,1,5-6,9H2,2-3H3. The normalized spacial score (nSPS) is 10.1. The molecule has 0 aliphatic heterocycles. The van der Waals surface area contributed by atoms with Gasteiger partial charge < -0.3 is 14.8 Å². The van der Waals surface area contributed by atoms with Crippen LogP contribution in [0.15, 0.2) is 24.8 Å². The predicted molar refractivity (Wildman–Crippen MR) is 71.1 cm³/mol. The summed E-state index contributed by atoms with van der Waals surface area (Å²) in [6.45, 7) is 7.63. The van der Waals surface area contributed by atoms with Crippen LogP contribution in [0.3, 0.4) is 0 Å². The van der Waals surface area contributed by atoms with Crippen LogP contribution in [0.2, 0.25) is 5.02 Å². The summed E-state index contributed by atoms with van der Waals surface area (Å²) in [7, 11) is 1.58. The Morgan fingerprint density at radius 1 is 1.47 bits per heavy atom. The third-order valence-corrected chi connectivity index (χ3v) is 2.47. The van der Waals surface area contributed by atoms with Gasteiger partial charge in [-0.1, -0.05) is 17.7 Å². The van der Waals surface area contributed by atoms with Crippen LogP contribution < -0.4 is 14.8 Å². The highest BCUT2D eigenvalue weighted by Gasteiger charge is 2.10. The number of rotatable bonds is 7. The zero-order chi connectivity index (χ0) is 12.7. The fraction of sp³-hybridized carbons (Fsp3) is 0.385. The molecule has 0 radical (unpaired) electrons. The lowest BCUT2D eigenvalue weighted by molar-refractivity contribution is 0.310. The van der Waals surface area contributed by atoms with E-state index in [0.29, 0.717) is 23.1 Å². The molecule has 0 bridgehead atoms. The number of halogens is 1. The fourth-order valence-corrected chi connectivity index (χ4v) is 1.81. The van der Waals surface area contributed by atoms with Crippen molar-refractivity contribution < 1.29 is 9.47 Å². The highest BCUT2D eigenvalue weighted by molar-refractivity contribution is 6.32. The molecule has 0 spiro atoms. The Bertz CT molecular complexity index is 380. The van der Waals surface area contributed by atoms with Gasteiger partial charge in [-0.2, -0.15) is 0 Å². The van der Waals surface area contributed by atoms with E-state index >= 15 is 0 Å². The predicted octanol–water partition coefficient (Wildman–Crippen LogP) is 3.02. The molecule has 0 aliphatic carbocycles. The molecule has 0 heterocycles. The minimum atomic E-state index is 0.564. The first-order chi connectivity index (χ1) is 8.22. The van der Waals surface area contributed by atoms with Gasteiger partial charge in [0.25, 0.3) is 0 Å². The third kappa shape index (κ3) is 3.95. The van der Waals surface area contributed by atoms with E-state index in [4.69, 9.17) is 21.1 Å². The van der Waals surface area contributed by atoms with E-state index in [9.17, 15) is 0 Å². The van der Waals surface area contributed by atoms with Crippen molar-refractivity contribution in [1.82, 2.24) is 5.32 Å². The van der Waals surface area contributed by atoms with Crippen LogP contribution in [0.4, 0.5) is 0 Å². The van der Waals surface area contributed by atoms with Crippen LogP contribution in [0, 0.1) is 0 Å². The van der Waals surface area contributed by atoms with Gasteiger partial charge in [0.1, 0.15) is 0 Å². The van der Waals surface area contributed by atoms with Crippen molar-refractivity contribution >= 4 is 11.6 Å². The van der Waals surface area contributed by atoms with Crippen molar-refractivity contribution in [2.45, 2.75) is 13.5 Å². The van der Waals surface area contributed by atoms with Crippen molar-refractivity contribution in [2.24, 2.45) is 0 Å². The first-order valence-electron chi connectivity index (χ1n) is 5.53. The Labute approximate surface area is 107 Å². The maximum atomic E-state index is 6.13. The number of methoxy groups -OCH3 is 1. The second kappa shape index (κ2) is 7.20. The SMILES string of the molecule is C=CCNCc1cc(Cl)c(OC)c(OCC)c1. The van der Waals surface area contributed by atoms with Gasteiger partial charge in [0, 0.05) is 13.1 Å². The molecule has 0 saturated carbocycles. The molecule has 1 N–H and O–H groups in total. The average Bonchev–Trinajstić information content (AvgIpc) is 2.30. The summed E-state index contributed by atoms with van der Waals surface area (Å²) in [5, 5.41) is 3.78. The van der Waals surface area contributed by atoms with Gasteiger partial charge in [-0.05, 0) is 24.6 Å². The van der Waals surface area contributed by atoms with Gasteiger partial charge >= 0.3 is 0 Å². The summed E-state index contributed by atoms with van der Waals surface area (Å²) in [5.41, 5.74) is 1.06. The largest absolute Gasteiger partial charge is 0.491 e. The van der Waals surface area contributed by atoms with Gasteiger partial charge in [0.15, 0.2) is 11.5 Å². The lowest BCUT2D eigenvalue weighted by Crippen LogP contribution is -2.12. The molecule has 0 saturated heterocycles. The first kappa shape index (κ1) is 13.9. The summed E-state index contributed by atoms with van der Waals surface area (Å²) in [4.78, 5) is 0. The number of ether oxygens (including phenoxy) is 2. The third-order valence-electron chi connectivity index (χ3n) is 2.19. The Balaban J connectivity index is 2.89. The van der Waals surface area contributed by atoms with E-state index in [2.05, 4.69) is 11.9 Å². The van der Waals surface area contributed by atoms with E-state index in [1.165, 1.54) is 0 Å². The Morgan fingerprint density at radius 2 is 2.24 bits per heavy atom. The van der Waals surface area contributed by atoms with E-state index < -0.39 is 0 Å². The molecular weight excluding hydrogens is 238 g/mol. The highest BCUT2D eigenvalue weighted by atomic mass is 35.5. The van der Waals surface area contributed by atoms with E-state index in [0.717, 1.165) is 18.7 Å². The molecule has 4 heteroatoms. The van der Waals surface area contributed by atoms with E-state index in [1.54, 1.807) is 7.11 Å². The molecule has 0 fully saturated rings. The van der Waals surface area contributed by atoms with Crippen molar-refractivity contribution in [3.8, 4) is 11.5 Å². The zero-order valence-corrected chi connectivity index (χ0v) is 11.0. The minimum absolute atomic E-state index is 0.564. The number of nitrogens with one attached hydrogen (secondary N) is 1. The van der Waals surface area contributed by atoms with Crippen LogP contribution >= 0.6 is 11.6 Å². The van der Waals surface area contributed by atoms with E-state index in [1.807, 2.05) is 25.1 Å². The number of hydrogen-bond donors (Lipinski definition) is 1. The summed E-state index contributed by atoms with van der Waals surface area (Å²) in [6, 6.07) is 3.81. The van der Waals surface area contributed by atoms with Gasteiger partial charge in [0.2, 0.25) is 0 Å². The molecular formula is C13H18ClNO2. The fourth-order valence-electron chi connectivity index (χ4n) is 1.50. The Kier molecular flexibility index (Phi) is 5.87. The Morgan fingerprint density at radius 3 is 2.82 bits per heavy atom. The molecule has 1 aromatic rings. The quantitative estimate of drug-likeness (QED) is 0.600. The molecule has 17 heavy (non-hydrogen) atoms. The van der Waals surface area contributed by atoms with Crippen molar-refractivity contribution in [1.29, 1.82) is 0 Å². The Hall–Kier alpha value is -1.19. The summed E-state index contributed by atoms with van der Waals surface area (Å²) >= 11 is 6.13. The highest BCUT2D eigenvalue weighted by Crippen LogP contribution is 2.36.